The molecule has 4 rings (SSSR count). The van der Waals surface area contributed by atoms with Crippen molar-refractivity contribution in [1.82, 2.24) is 19.9 Å². The third-order valence-electron chi connectivity index (χ3n) is 4.72. The molecule has 0 unspecified atom stereocenters. The third kappa shape index (κ3) is 6.52. The van der Waals surface area contributed by atoms with Gasteiger partial charge in [0.05, 0.1) is 17.9 Å². The zero-order valence-electron chi connectivity index (χ0n) is 18.1. The summed E-state index contributed by atoms with van der Waals surface area (Å²) in [6, 6.07) is 11.4. The van der Waals surface area contributed by atoms with Crippen LogP contribution >= 0.6 is 23.4 Å². The average Bonchev–Trinajstić information content (AvgIpc) is 3.35. The molecule has 0 saturated carbocycles. The molecule has 0 aliphatic carbocycles. The topological polar surface area (TPSA) is 124 Å². The molecule has 0 radical (unpaired) electrons. The van der Waals surface area contributed by atoms with Crippen LogP contribution in [0, 0.1) is 10.1 Å². The Balaban J connectivity index is 1.26. The normalized spacial score (nSPS) is 11.5. The number of nitrogens with one attached hydrogen (secondary N) is 1. The standard InChI is InChI=1S/C24H18ClN5O4S/c25-21-10-5-18(30(32)33)13-17(21)4-7-19(31)6-1-16-2-8-20(9-3-16)34-11-12-35-24-22-23(27-14-26-22)28-15-29-24/h1-10,13-15H,11-12H2,(H,26,27,28,29)/b6-1+,7-4+. The molecule has 4 aromatic rings. The molecule has 0 aliphatic heterocycles. The van der Waals surface area contributed by atoms with Crippen LogP contribution in [-0.4, -0.2) is 43.0 Å². The van der Waals surface area contributed by atoms with Crippen molar-refractivity contribution in [2.45, 2.75) is 5.03 Å². The van der Waals surface area contributed by atoms with Gasteiger partial charge in [-0.15, -0.1) is 11.8 Å². The summed E-state index contributed by atoms with van der Waals surface area (Å²) in [5.41, 5.74) is 2.57. The van der Waals surface area contributed by atoms with E-state index in [2.05, 4.69) is 19.9 Å². The van der Waals surface area contributed by atoms with E-state index in [0.29, 0.717) is 34.3 Å². The molecular formula is C24H18ClN5O4S. The van der Waals surface area contributed by atoms with Gasteiger partial charge in [-0.05, 0) is 47.6 Å². The van der Waals surface area contributed by atoms with E-state index in [1.54, 1.807) is 24.2 Å². The molecule has 9 nitrogen and oxygen atoms in total. The van der Waals surface area contributed by atoms with E-state index in [9.17, 15) is 14.9 Å². The van der Waals surface area contributed by atoms with Gasteiger partial charge in [-0.25, -0.2) is 15.0 Å². The summed E-state index contributed by atoms with van der Waals surface area (Å²) in [5, 5.41) is 12.0. The highest BCUT2D eigenvalue weighted by atomic mass is 35.5. The quantitative estimate of drug-likeness (QED) is 0.0757. The summed E-state index contributed by atoms with van der Waals surface area (Å²) < 4.78 is 5.77. The van der Waals surface area contributed by atoms with Gasteiger partial charge in [-0.3, -0.25) is 14.9 Å². The second-order valence-electron chi connectivity index (χ2n) is 7.08. The first kappa shape index (κ1) is 24.1. The molecule has 0 amide bonds. The van der Waals surface area contributed by atoms with Crippen LogP contribution in [0.15, 0.2) is 72.3 Å². The van der Waals surface area contributed by atoms with Crippen molar-refractivity contribution in [1.29, 1.82) is 0 Å². The first-order valence-electron chi connectivity index (χ1n) is 10.3. The smallest absolute Gasteiger partial charge is 0.270 e. The molecular weight excluding hydrogens is 490 g/mol. The number of carbonyl (C=O) groups is 1. The number of allylic oxidation sites excluding steroid dienone is 2. The van der Waals surface area contributed by atoms with Crippen molar-refractivity contribution in [3.8, 4) is 5.75 Å². The monoisotopic (exact) mass is 507 g/mol. The maximum Gasteiger partial charge on any atom is 0.270 e. The number of ether oxygens (including phenoxy) is 1. The van der Waals surface area contributed by atoms with Gasteiger partial charge >= 0.3 is 0 Å². The van der Waals surface area contributed by atoms with Crippen molar-refractivity contribution < 1.29 is 14.5 Å². The van der Waals surface area contributed by atoms with Crippen molar-refractivity contribution >= 4 is 58.1 Å². The van der Waals surface area contributed by atoms with Crippen LogP contribution < -0.4 is 4.74 Å². The van der Waals surface area contributed by atoms with Gasteiger partial charge in [0.2, 0.25) is 0 Å². The number of hydrogen-bond acceptors (Lipinski definition) is 8. The zero-order chi connectivity index (χ0) is 24.6. The number of nitro benzene ring substituents is 1. The summed E-state index contributed by atoms with van der Waals surface area (Å²) >= 11 is 7.59. The number of benzene rings is 2. The summed E-state index contributed by atoms with van der Waals surface area (Å²) in [5.74, 6) is 1.13. The van der Waals surface area contributed by atoms with E-state index in [1.807, 2.05) is 24.3 Å². The summed E-state index contributed by atoms with van der Waals surface area (Å²) in [6.07, 6.45) is 8.92. The molecule has 1 N–H and O–H groups in total. The molecule has 0 spiro atoms. The van der Waals surface area contributed by atoms with Crippen LogP contribution in [0.4, 0.5) is 5.69 Å². The number of non-ortho nitro benzene ring substituents is 1. The van der Waals surface area contributed by atoms with Gasteiger partial charge in [0, 0.05) is 22.9 Å². The second-order valence-corrected chi connectivity index (χ2v) is 8.57. The van der Waals surface area contributed by atoms with E-state index < -0.39 is 4.92 Å². The van der Waals surface area contributed by atoms with E-state index in [-0.39, 0.29) is 11.5 Å². The fraction of sp³-hybridized carbons (Fsp3) is 0.0833. The number of ketones is 1. The lowest BCUT2D eigenvalue weighted by molar-refractivity contribution is -0.384. The minimum Gasteiger partial charge on any atom is -0.493 e. The first-order valence-corrected chi connectivity index (χ1v) is 11.7. The first-order chi connectivity index (χ1) is 17.0. The van der Waals surface area contributed by atoms with Crippen molar-refractivity contribution in [3.05, 3.63) is 93.5 Å². The largest absolute Gasteiger partial charge is 0.493 e. The van der Waals surface area contributed by atoms with Crippen LogP contribution in [0.25, 0.3) is 23.3 Å². The van der Waals surface area contributed by atoms with Gasteiger partial charge < -0.3 is 9.72 Å². The maximum absolute atomic E-state index is 12.1. The molecule has 2 aromatic carbocycles. The lowest BCUT2D eigenvalue weighted by Gasteiger charge is -2.06. The number of imidazole rings is 1. The average molecular weight is 508 g/mol. The molecule has 35 heavy (non-hydrogen) atoms. The number of aromatic nitrogens is 4. The number of carbonyl (C=O) groups excluding carboxylic acids is 1. The lowest BCUT2D eigenvalue weighted by atomic mass is 10.1. The Hall–Kier alpha value is -4.02. The molecule has 0 saturated heterocycles. The Morgan fingerprint density at radius 3 is 2.71 bits per heavy atom. The SMILES string of the molecule is O=C(/C=C/c1ccc(OCCSc2ncnc3nc[nH]c23)cc1)/C=C/c1cc([N+](=O)[O-])ccc1Cl. The number of nitro groups is 1. The Bertz CT molecular complexity index is 1420. The summed E-state index contributed by atoms with van der Waals surface area (Å²) in [4.78, 5) is 38.0. The Labute approximate surface area is 209 Å². The predicted molar refractivity (Wildman–Crippen MR) is 136 cm³/mol. The number of aromatic amines is 1. The molecule has 2 heterocycles. The van der Waals surface area contributed by atoms with Gasteiger partial charge in [-0.2, -0.15) is 0 Å². The number of hydrogen-bond donors (Lipinski definition) is 1. The number of fused-ring (bicyclic) bond motifs is 1. The number of rotatable bonds is 10. The molecule has 0 aliphatic rings. The predicted octanol–water partition coefficient (Wildman–Crippen LogP) is 5.38. The molecule has 0 bridgehead atoms. The van der Waals surface area contributed by atoms with E-state index in [0.717, 1.165) is 16.1 Å². The highest BCUT2D eigenvalue weighted by Crippen LogP contribution is 2.24. The molecule has 176 valence electrons. The molecule has 2 aromatic heterocycles. The number of H-pyrrole nitrogens is 1. The van der Waals surface area contributed by atoms with Crippen LogP contribution in [0.2, 0.25) is 5.02 Å². The summed E-state index contributed by atoms with van der Waals surface area (Å²) in [6.45, 7) is 0.489. The van der Waals surface area contributed by atoms with Crippen molar-refractivity contribution in [2.75, 3.05) is 12.4 Å². The molecule has 0 fully saturated rings. The molecule has 0 atom stereocenters. The Morgan fingerprint density at radius 2 is 1.91 bits per heavy atom. The van der Waals surface area contributed by atoms with Crippen LogP contribution in [-0.2, 0) is 4.79 Å². The van der Waals surface area contributed by atoms with Gasteiger partial charge in [-0.1, -0.05) is 29.8 Å². The van der Waals surface area contributed by atoms with Gasteiger partial charge in [0.1, 0.15) is 22.6 Å². The highest BCUT2D eigenvalue weighted by molar-refractivity contribution is 7.99. The van der Waals surface area contributed by atoms with Gasteiger partial charge in [0.15, 0.2) is 11.4 Å². The highest BCUT2D eigenvalue weighted by Gasteiger charge is 2.08. The van der Waals surface area contributed by atoms with Crippen LogP contribution in [0.5, 0.6) is 5.75 Å². The maximum atomic E-state index is 12.1. The third-order valence-corrected chi connectivity index (χ3v) is 6.01. The minimum absolute atomic E-state index is 0.0953. The fourth-order valence-corrected chi connectivity index (χ4v) is 3.96. The number of halogens is 1. The zero-order valence-corrected chi connectivity index (χ0v) is 19.7. The Kier molecular flexibility index (Phi) is 7.86. The number of thioether (sulfide) groups is 1. The van der Waals surface area contributed by atoms with Crippen molar-refractivity contribution in [3.63, 3.8) is 0 Å². The van der Waals surface area contributed by atoms with Crippen LogP contribution in [0.3, 0.4) is 0 Å². The number of nitrogens with zero attached hydrogens (tertiary/aromatic N) is 4. The van der Waals surface area contributed by atoms with Crippen LogP contribution in [0.1, 0.15) is 11.1 Å². The minimum atomic E-state index is -0.516. The second kappa shape index (κ2) is 11.4. The Morgan fingerprint density at radius 1 is 1.11 bits per heavy atom. The fourth-order valence-electron chi connectivity index (χ4n) is 3.00. The van der Waals surface area contributed by atoms with E-state index in [1.165, 1.54) is 42.8 Å². The van der Waals surface area contributed by atoms with E-state index in [4.69, 9.17) is 16.3 Å². The van der Waals surface area contributed by atoms with Crippen molar-refractivity contribution in [2.24, 2.45) is 0 Å². The molecule has 11 heteroatoms. The lowest BCUT2D eigenvalue weighted by Crippen LogP contribution is -2.00. The van der Waals surface area contributed by atoms with E-state index >= 15 is 0 Å². The van der Waals surface area contributed by atoms with Gasteiger partial charge in [0.25, 0.3) is 5.69 Å². The summed E-state index contributed by atoms with van der Waals surface area (Å²) in [7, 11) is 0.